The van der Waals surface area contributed by atoms with Crippen LogP contribution in [0.3, 0.4) is 0 Å². The van der Waals surface area contributed by atoms with Crippen LogP contribution in [0.4, 0.5) is 13.2 Å². The van der Waals surface area contributed by atoms with Gasteiger partial charge in [0.2, 0.25) is 0 Å². The van der Waals surface area contributed by atoms with Gasteiger partial charge in [-0.15, -0.1) is 13.2 Å². The molecule has 0 saturated carbocycles. The lowest BCUT2D eigenvalue weighted by molar-refractivity contribution is -0.137. The fraction of sp³-hybridized carbons (Fsp3) is 0.194. The van der Waals surface area contributed by atoms with Gasteiger partial charge in [0.05, 0.1) is 24.3 Å². The SMILES string of the molecule is C=C.CC.CCOC(=O)c1cc(-c2ccc(CO)cc2)c2ccc(-c3ccc(C(F)(F)F)cc3)cc2c1. The molecule has 37 heavy (non-hydrogen) atoms. The standard InChI is InChI=1S/C27H21F3O3.C2H6.C2H4/c1-2-33-26(32)22-14-21-13-20(18-7-10-23(11-8-18)27(28,29)30)9-12-24(21)25(15-22)19-5-3-17(16-31)4-6-19;2*1-2/h3-15,31H,2,16H2,1H3;1-2H3;1-2H2. The lowest BCUT2D eigenvalue weighted by atomic mass is 9.92. The Hall–Kier alpha value is -3.90. The predicted octanol–water partition coefficient (Wildman–Crippen LogP) is 8.69. The Morgan fingerprint density at radius 1 is 0.838 bits per heavy atom. The summed E-state index contributed by atoms with van der Waals surface area (Å²) in [6.45, 7) is 11.9. The van der Waals surface area contributed by atoms with Crippen LogP contribution in [-0.2, 0) is 17.5 Å². The van der Waals surface area contributed by atoms with Crippen molar-refractivity contribution in [2.24, 2.45) is 0 Å². The van der Waals surface area contributed by atoms with Crippen LogP contribution in [0.1, 0.15) is 42.3 Å². The van der Waals surface area contributed by atoms with Crippen LogP contribution in [-0.4, -0.2) is 17.7 Å². The molecule has 0 spiro atoms. The molecule has 4 rings (SSSR count). The van der Waals surface area contributed by atoms with E-state index in [0.717, 1.165) is 45.2 Å². The van der Waals surface area contributed by atoms with Gasteiger partial charge in [0.25, 0.3) is 0 Å². The van der Waals surface area contributed by atoms with E-state index in [2.05, 4.69) is 13.2 Å². The van der Waals surface area contributed by atoms with Crippen molar-refractivity contribution in [1.82, 2.24) is 0 Å². The number of fused-ring (bicyclic) bond motifs is 1. The first-order valence-electron chi connectivity index (χ1n) is 11.9. The largest absolute Gasteiger partial charge is 0.462 e. The van der Waals surface area contributed by atoms with E-state index in [0.29, 0.717) is 11.1 Å². The second-order valence-electron chi connectivity index (χ2n) is 7.61. The maximum Gasteiger partial charge on any atom is 0.416 e. The fourth-order valence-electron chi connectivity index (χ4n) is 3.76. The van der Waals surface area contributed by atoms with Crippen molar-refractivity contribution in [2.45, 2.75) is 33.6 Å². The highest BCUT2D eigenvalue weighted by atomic mass is 19.4. The maximum atomic E-state index is 12.9. The number of aliphatic hydroxyl groups excluding tert-OH is 1. The Morgan fingerprint density at radius 2 is 1.41 bits per heavy atom. The molecule has 0 fully saturated rings. The molecule has 4 aromatic rings. The maximum absolute atomic E-state index is 12.9. The van der Waals surface area contributed by atoms with E-state index in [1.54, 1.807) is 19.1 Å². The summed E-state index contributed by atoms with van der Waals surface area (Å²) in [5, 5.41) is 11.0. The van der Waals surface area contributed by atoms with Crippen LogP contribution in [0.5, 0.6) is 0 Å². The number of halogens is 3. The smallest absolute Gasteiger partial charge is 0.416 e. The summed E-state index contributed by atoms with van der Waals surface area (Å²) < 4.78 is 43.9. The van der Waals surface area contributed by atoms with E-state index in [9.17, 15) is 23.1 Å². The van der Waals surface area contributed by atoms with E-state index in [-0.39, 0.29) is 13.2 Å². The molecule has 0 atom stereocenters. The Balaban J connectivity index is 0.00000115. The fourth-order valence-corrected chi connectivity index (χ4v) is 3.76. The molecule has 0 bridgehead atoms. The number of carbonyl (C=O) groups excluding carboxylic acids is 1. The van der Waals surface area contributed by atoms with Crippen LogP contribution < -0.4 is 0 Å². The van der Waals surface area contributed by atoms with Gasteiger partial charge in [0.15, 0.2) is 0 Å². The quantitative estimate of drug-likeness (QED) is 0.217. The summed E-state index contributed by atoms with van der Waals surface area (Å²) in [5.41, 5.74) is 3.51. The second-order valence-corrected chi connectivity index (χ2v) is 7.61. The van der Waals surface area contributed by atoms with Crippen molar-refractivity contribution in [1.29, 1.82) is 0 Å². The predicted molar refractivity (Wildman–Crippen MR) is 144 cm³/mol. The molecule has 0 amide bonds. The molecule has 4 aromatic carbocycles. The summed E-state index contributed by atoms with van der Waals surface area (Å²) in [6.07, 6.45) is -4.39. The third kappa shape index (κ3) is 7.08. The summed E-state index contributed by atoms with van der Waals surface area (Å²) in [4.78, 5) is 12.5. The molecule has 0 aliphatic heterocycles. The highest BCUT2D eigenvalue weighted by molar-refractivity contribution is 6.04. The number of esters is 1. The molecule has 0 heterocycles. The van der Waals surface area contributed by atoms with Crippen molar-refractivity contribution < 1.29 is 27.8 Å². The number of aliphatic hydroxyl groups is 1. The van der Waals surface area contributed by atoms with Gasteiger partial charge in [-0.25, -0.2) is 4.79 Å². The summed E-state index contributed by atoms with van der Waals surface area (Å²) in [6, 6.07) is 21.5. The van der Waals surface area contributed by atoms with Gasteiger partial charge in [-0.05, 0) is 75.8 Å². The zero-order valence-electron chi connectivity index (χ0n) is 21.2. The first-order chi connectivity index (χ1) is 17.8. The third-order valence-electron chi connectivity index (χ3n) is 5.46. The first-order valence-corrected chi connectivity index (χ1v) is 11.9. The summed E-state index contributed by atoms with van der Waals surface area (Å²) in [5.74, 6) is -0.451. The zero-order chi connectivity index (χ0) is 27.6. The summed E-state index contributed by atoms with van der Waals surface area (Å²) in [7, 11) is 0. The van der Waals surface area contributed by atoms with Crippen LogP contribution in [0.2, 0.25) is 0 Å². The Kier molecular flexibility index (Phi) is 10.6. The van der Waals surface area contributed by atoms with Crippen molar-refractivity contribution in [2.75, 3.05) is 6.61 Å². The van der Waals surface area contributed by atoms with E-state index in [1.165, 1.54) is 12.1 Å². The van der Waals surface area contributed by atoms with Gasteiger partial charge in [-0.3, -0.25) is 0 Å². The first kappa shape index (κ1) is 29.3. The molecule has 0 unspecified atom stereocenters. The van der Waals surface area contributed by atoms with Gasteiger partial charge < -0.3 is 9.84 Å². The molecular weight excluding hydrogens is 477 g/mol. The van der Waals surface area contributed by atoms with Gasteiger partial charge in [0, 0.05) is 0 Å². The van der Waals surface area contributed by atoms with Crippen LogP contribution >= 0.6 is 0 Å². The van der Waals surface area contributed by atoms with Gasteiger partial charge in [-0.2, -0.15) is 13.2 Å². The van der Waals surface area contributed by atoms with Crippen molar-refractivity contribution >= 4 is 16.7 Å². The summed E-state index contributed by atoms with van der Waals surface area (Å²) >= 11 is 0. The number of carbonyl (C=O) groups is 1. The lowest BCUT2D eigenvalue weighted by Gasteiger charge is -2.13. The van der Waals surface area contributed by atoms with Gasteiger partial charge in [-0.1, -0.05) is 62.4 Å². The van der Waals surface area contributed by atoms with Crippen molar-refractivity contribution in [3.8, 4) is 22.3 Å². The average molecular weight is 509 g/mol. The normalized spacial score (nSPS) is 10.6. The minimum Gasteiger partial charge on any atom is -0.462 e. The lowest BCUT2D eigenvalue weighted by Crippen LogP contribution is -2.05. The molecule has 194 valence electrons. The van der Waals surface area contributed by atoms with Crippen molar-refractivity contribution in [3.63, 3.8) is 0 Å². The number of rotatable bonds is 5. The minimum absolute atomic E-state index is 0.0691. The Bertz CT molecular complexity index is 1310. The molecule has 0 radical (unpaired) electrons. The number of benzene rings is 4. The van der Waals surface area contributed by atoms with Crippen LogP contribution in [0.15, 0.2) is 92.0 Å². The molecule has 0 aromatic heterocycles. The topological polar surface area (TPSA) is 46.5 Å². The molecular formula is C31H31F3O3. The molecule has 6 heteroatoms. The molecule has 0 saturated heterocycles. The highest BCUT2D eigenvalue weighted by Gasteiger charge is 2.30. The number of hydrogen-bond acceptors (Lipinski definition) is 3. The van der Waals surface area contributed by atoms with Crippen LogP contribution in [0.25, 0.3) is 33.0 Å². The second kappa shape index (κ2) is 13.4. The highest BCUT2D eigenvalue weighted by Crippen LogP contribution is 2.35. The number of alkyl halides is 3. The molecule has 1 N–H and O–H groups in total. The zero-order valence-corrected chi connectivity index (χ0v) is 21.2. The Labute approximate surface area is 215 Å². The monoisotopic (exact) mass is 508 g/mol. The Morgan fingerprint density at radius 3 is 1.95 bits per heavy atom. The van der Waals surface area contributed by atoms with E-state index >= 15 is 0 Å². The average Bonchev–Trinajstić information content (AvgIpc) is 2.94. The molecule has 0 aliphatic carbocycles. The minimum atomic E-state index is -4.39. The number of ether oxygens (including phenoxy) is 1. The molecule has 0 aliphatic rings. The van der Waals surface area contributed by atoms with Gasteiger partial charge in [0.1, 0.15) is 0 Å². The number of hydrogen-bond donors (Lipinski definition) is 1. The van der Waals surface area contributed by atoms with E-state index in [4.69, 9.17) is 4.74 Å². The van der Waals surface area contributed by atoms with Crippen LogP contribution in [0, 0.1) is 0 Å². The van der Waals surface area contributed by atoms with Crippen molar-refractivity contribution in [3.05, 3.63) is 109 Å². The van der Waals surface area contributed by atoms with Gasteiger partial charge >= 0.3 is 12.1 Å². The third-order valence-corrected chi connectivity index (χ3v) is 5.46. The van der Waals surface area contributed by atoms with E-state index in [1.807, 2.05) is 56.3 Å². The molecule has 3 nitrogen and oxygen atoms in total. The van der Waals surface area contributed by atoms with E-state index < -0.39 is 17.7 Å².